The maximum Gasteiger partial charge on any atom is 0.220 e. The van der Waals surface area contributed by atoms with Crippen LogP contribution in [0.2, 0.25) is 0 Å². The van der Waals surface area contributed by atoms with Crippen molar-refractivity contribution in [3.8, 4) is 0 Å². The molecule has 0 radical (unpaired) electrons. The van der Waals surface area contributed by atoms with Gasteiger partial charge in [0.15, 0.2) is 6.29 Å². The number of hydrogen-bond donors (Lipinski definition) is 6. The number of amides is 1. The molecular weight excluding hydrogens is 767 g/mol. The van der Waals surface area contributed by atoms with Gasteiger partial charge in [0.1, 0.15) is 24.4 Å². The molecule has 9 nitrogen and oxygen atoms in total. The summed E-state index contributed by atoms with van der Waals surface area (Å²) in [6.45, 7) is 3.80. The molecule has 0 bridgehead atoms. The zero-order valence-electron chi connectivity index (χ0n) is 39.9. The van der Waals surface area contributed by atoms with Gasteiger partial charge in [0, 0.05) is 6.42 Å². The minimum absolute atomic E-state index is 0.172. The molecular formula is C52H101NO8. The van der Waals surface area contributed by atoms with Gasteiger partial charge in [-0.1, -0.05) is 244 Å². The molecule has 0 spiro atoms. The fraction of sp³-hybridized carbons (Fsp3) is 0.942. The minimum Gasteiger partial charge on any atom is -0.394 e. The van der Waals surface area contributed by atoms with Crippen LogP contribution in [0.15, 0.2) is 12.2 Å². The zero-order chi connectivity index (χ0) is 44.4. The topological polar surface area (TPSA) is 149 Å². The molecule has 1 rings (SSSR count). The lowest BCUT2D eigenvalue weighted by atomic mass is 9.99. The first-order chi connectivity index (χ1) is 29.8. The second kappa shape index (κ2) is 42.9. The highest BCUT2D eigenvalue weighted by atomic mass is 16.7. The van der Waals surface area contributed by atoms with Crippen LogP contribution in [0.25, 0.3) is 0 Å². The van der Waals surface area contributed by atoms with Crippen molar-refractivity contribution < 1.29 is 39.8 Å². The lowest BCUT2D eigenvalue weighted by Crippen LogP contribution is -2.60. The molecule has 0 saturated carbocycles. The summed E-state index contributed by atoms with van der Waals surface area (Å²) in [6, 6.07) is -0.799. The van der Waals surface area contributed by atoms with Gasteiger partial charge in [-0.25, -0.2) is 0 Å². The molecule has 1 fully saturated rings. The molecule has 7 atom stereocenters. The molecule has 362 valence electrons. The minimum atomic E-state index is -1.56. The summed E-state index contributed by atoms with van der Waals surface area (Å²) in [6.07, 6.45) is 44.1. The molecule has 61 heavy (non-hydrogen) atoms. The lowest BCUT2D eigenvalue weighted by molar-refractivity contribution is -0.302. The number of aliphatic hydroxyl groups excluding tert-OH is 5. The van der Waals surface area contributed by atoms with Crippen LogP contribution in [0.5, 0.6) is 0 Å². The number of aliphatic hydroxyl groups is 5. The number of carbonyl (C=O) groups is 1. The van der Waals surface area contributed by atoms with Gasteiger partial charge in [0.05, 0.1) is 25.4 Å². The van der Waals surface area contributed by atoms with Gasteiger partial charge in [0.2, 0.25) is 5.91 Å². The maximum atomic E-state index is 13.0. The van der Waals surface area contributed by atoms with Crippen LogP contribution in [0.1, 0.15) is 258 Å². The summed E-state index contributed by atoms with van der Waals surface area (Å²) in [5.74, 6) is -0.172. The van der Waals surface area contributed by atoms with E-state index in [1.165, 1.54) is 199 Å². The number of hydrogen-bond acceptors (Lipinski definition) is 8. The first kappa shape index (κ1) is 57.9. The number of nitrogens with one attached hydrogen (secondary N) is 1. The predicted octanol–water partition coefficient (Wildman–Crippen LogP) is 12.1. The Morgan fingerprint density at radius 3 is 1.28 bits per heavy atom. The Bertz CT molecular complexity index is 966. The van der Waals surface area contributed by atoms with Gasteiger partial charge < -0.3 is 40.3 Å². The zero-order valence-corrected chi connectivity index (χ0v) is 39.9. The molecule has 7 unspecified atom stereocenters. The van der Waals surface area contributed by atoms with E-state index in [1.54, 1.807) is 6.08 Å². The standard InChI is InChI=1S/C52H101NO8/c1-3-5-7-9-11-13-15-17-19-20-21-22-23-24-25-26-28-29-31-33-35-37-39-41-46(55)45(44-60-52-51(59)50(58)49(57)47(43-54)61-52)53-48(56)42-40-38-36-34-32-30-27-18-16-14-12-10-8-6-4-2/h39,41,45-47,49-52,54-55,57-59H,3-38,40,42-44H2,1-2H3,(H,53,56)/b41-39+. The largest absolute Gasteiger partial charge is 0.394 e. The molecule has 1 saturated heterocycles. The molecule has 1 heterocycles. The van der Waals surface area contributed by atoms with Gasteiger partial charge in [-0.15, -0.1) is 0 Å². The van der Waals surface area contributed by atoms with Crippen LogP contribution in [0, 0.1) is 0 Å². The Morgan fingerprint density at radius 2 is 0.902 bits per heavy atom. The highest BCUT2D eigenvalue weighted by molar-refractivity contribution is 5.76. The van der Waals surface area contributed by atoms with Crippen LogP contribution in [-0.4, -0.2) is 87.5 Å². The SMILES string of the molecule is CCCCCCCCCCCCCCCCCCCCCCC/C=C/C(O)C(COC1OC(CO)C(O)C(O)C1O)NC(=O)CCCCCCCCCCCCCCCCC. The summed E-state index contributed by atoms with van der Waals surface area (Å²) in [5, 5.41) is 54.4. The van der Waals surface area contributed by atoms with Crippen molar-refractivity contribution in [1.29, 1.82) is 0 Å². The van der Waals surface area contributed by atoms with E-state index in [0.717, 1.165) is 38.5 Å². The Kier molecular flexibility index (Phi) is 40.7. The average Bonchev–Trinajstić information content (AvgIpc) is 3.26. The predicted molar refractivity (Wildman–Crippen MR) is 254 cm³/mol. The van der Waals surface area contributed by atoms with Crippen molar-refractivity contribution in [3.63, 3.8) is 0 Å². The second-order valence-electron chi connectivity index (χ2n) is 18.7. The van der Waals surface area contributed by atoms with Gasteiger partial charge >= 0.3 is 0 Å². The number of rotatable bonds is 45. The average molecular weight is 868 g/mol. The summed E-state index contributed by atoms with van der Waals surface area (Å²) in [7, 11) is 0. The molecule has 1 aliphatic rings. The molecule has 0 aromatic carbocycles. The molecule has 0 aromatic rings. The normalized spacial score (nSPS) is 20.4. The van der Waals surface area contributed by atoms with Crippen LogP contribution in [0.4, 0.5) is 0 Å². The van der Waals surface area contributed by atoms with Crippen molar-refractivity contribution in [1.82, 2.24) is 5.32 Å². The number of ether oxygens (including phenoxy) is 2. The first-order valence-corrected chi connectivity index (χ1v) is 26.4. The van der Waals surface area contributed by atoms with Crippen molar-refractivity contribution in [2.45, 2.75) is 301 Å². The van der Waals surface area contributed by atoms with E-state index in [4.69, 9.17) is 9.47 Å². The van der Waals surface area contributed by atoms with E-state index in [-0.39, 0.29) is 12.5 Å². The lowest BCUT2D eigenvalue weighted by Gasteiger charge is -2.40. The van der Waals surface area contributed by atoms with Crippen molar-refractivity contribution in [2.75, 3.05) is 13.2 Å². The first-order valence-electron chi connectivity index (χ1n) is 26.4. The van der Waals surface area contributed by atoms with Crippen LogP contribution in [-0.2, 0) is 14.3 Å². The molecule has 0 aromatic heterocycles. The molecule has 0 aliphatic carbocycles. The maximum absolute atomic E-state index is 13.0. The van der Waals surface area contributed by atoms with Crippen LogP contribution in [0.3, 0.4) is 0 Å². The van der Waals surface area contributed by atoms with E-state index in [2.05, 4.69) is 19.2 Å². The van der Waals surface area contributed by atoms with E-state index < -0.39 is 49.5 Å². The fourth-order valence-corrected chi connectivity index (χ4v) is 8.63. The molecule has 6 N–H and O–H groups in total. The third-order valence-corrected chi connectivity index (χ3v) is 12.9. The van der Waals surface area contributed by atoms with Gasteiger partial charge in [0.25, 0.3) is 0 Å². The summed E-state index contributed by atoms with van der Waals surface area (Å²) < 4.78 is 11.2. The Morgan fingerprint density at radius 1 is 0.541 bits per heavy atom. The Balaban J connectivity index is 2.26. The van der Waals surface area contributed by atoms with E-state index >= 15 is 0 Å². The van der Waals surface area contributed by atoms with Crippen molar-refractivity contribution >= 4 is 5.91 Å². The number of carbonyl (C=O) groups excluding carboxylic acids is 1. The fourth-order valence-electron chi connectivity index (χ4n) is 8.63. The molecule has 1 aliphatic heterocycles. The monoisotopic (exact) mass is 868 g/mol. The molecule has 9 heteroatoms. The third-order valence-electron chi connectivity index (χ3n) is 12.9. The third kappa shape index (κ3) is 33.1. The summed E-state index contributed by atoms with van der Waals surface area (Å²) in [5.41, 5.74) is 0. The van der Waals surface area contributed by atoms with E-state index in [0.29, 0.717) is 6.42 Å². The van der Waals surface area contributed by atoms with Gasteiger partial charge in [-0.05, 0) is 19.3 Å². The molecule has 1 amide bonds. The van der Waals surface area contributed by atoms with Crippen LogP contribution >= 0.6 is 0 Å². The van der Waals surface area contributed by atoms with Gasteiger partial charge in [-0.3, -0.25) is 4.79 Å². The van der Waals surface area contributed by atoms with Crippen LogP contribution < -0.4 is 5.32 Å². The summed E-state index contributed by atoms with van der Waals surface area (Å²) in [4.78, 5) is 13.0. The smallest absolute Gasteiger partial charge is 0.220 e. The second-order valence-corrected chi connectivity index (χ2v) is 18.7. The number of unbranched alkanes of at least 4 members (excludes halogenated alkanes) is 35. The van der Waals surface area contributed by atoms with Crippen molar-refractivity contribution in [3.05, 3.63) is 12.2 Å². The van der Waals surface area contributed by atoms with Crippen molar-refractivity contribution in [2.24, 2.45) is 0 Å². The highest BCUT2D eigenvalue weighted by Crippen LogP contribution is 2.23. The summed E-state index contributed by atoms with van der Waals surface area (Å²) >= 11 is 0. The van der Waals surface area contributed by atoms with Gasteiger partial charge in [-0.2, -0.15) is 0 Å². The van der Waals surface area contributed by atoms with E-state index in [1.807, 2.05) is 6.08 Å². The quantitative estimate of drug-likeness (QED) is 0.0262. The Labute approximate surface area is 376 Å². The van der Waals surface area contributed by atoms with E-state index in [9.17, 15) is 30.3 Å². The number of allylic oxidation sites excluding steroid dienone is 1. The highest BCUT2D eigenvalue weighted by Gasteiger charge is 2.44. The Hall–Kier alpha value is -1.07.